The lowest BCUT2D eigenvalue weighted by Gasteiger charge is -2.20. The maximum Gasteiger partial charge on any atom is 0.0366 e. The molecule has 1 aliphatic rings. The van der Waals surface area contributed by atoms with Crippen molar-refractivity contribution in [3.63, 3.8) is 0 Å². The second kappa shape index (κ2) is 4.56. The van der Waals surface area contributed by atoms with Gasteiger partial charge in [-0.3, -0.25) is 0 Å². The van der Waals surface area contributed by atoms with E-state index in [-0.39, 0.29) is 0 Å². The predicted octanol–water partition coefficient (Wildman–Crippen LogP) is 3.74. The molecule has 0 heterocycles. The molecule has 82 valence electrons. The van der Waals surface area contributed by atoms with E-state index in [9.17, 15) is 0 Å². The van der Waals surface area contributed by atoms with Crippen molar-refractivity contribution in [2.45, 2.75) is 25.1 Å². The van der Waals surface area contributed by atoms with Crippen molar-refractivity contribution in [1.29, 1.82) is 0 Å². The number of rotatable bonds is 4. The molecule has 0 aromatic heterocycles. The Balaban J connectivity index is 2.09. The molecular formula is C13H18BrN. The van der Waals surface area contributed by atoms with E-state index >= 15 is 0 Å². The van der Waals surface area contributed by atoms with Crippen LogP contribution in [-0.2, 0) is 5.33 Å². The van der Waals surface area contributed by atoms with E-state index < -0.39 is 0 Å². The van der Waals surface area contributed by atoms with Crippen LogP contribution in [-0.4, -0.2) is 13.6 Å². The third-order valence-electron chi connectivity index (χ3n) is 3.14. The number of anilines is 1. The number of nitrogens with zero attached hydrogens (tertiary/aromatic N) is 1. The number of aryl methyl sites for hydroxylation is 1. The van der Waals surface area contributed by atoms with Gasteiger partial charge >= 0.3 is 0 Å². The minimum absolute atomic E-state index is 0.950. The normalized spacial score (nSPS) is 15.4. The molecule has 0 radical (unpaired) electrons. The number of alkyl halides is 1. The monoisotopic (exact) mass is 267 g/mol. The summed E-state index contributed by atoms with van der Waals surface area (Å²) in [7, 11) is 2.20. The van der Waals surface area contributed by atoms with Gasteiger partial charge in [-0.2, -0.15) is 0 Å². The van der Waals surface area contributed by atoms with Gasteiger partial charge < -0.3 is 4.90 Å². The second-order valence-electron chi connectivity index (χ2n) is 4.57. The molecule has 0 N–H and O–H groups in total. The van der Waals surface area contributed by atoms with Crippen LogP contribution in [0.25, 0.3) is 0 Å². The Labute approximate surface area is 101 Å². The molecule has 1 aliphatic carbocycles. The van der Waals surface area contributed by atoms with Crippen molar-refractivity contribution in [3.8, 4) is 0 Å². The zero-order valence-electron chi connectivity index (χ0n) is 9.46. The molecule has 0 bridgehead atoms. The van der Waals surface area contributed by atoms with Crippen LogP contribution >= 0.6 is 15.9 Å². The summed E-state index contributed by atoms with van der Waals surface area (Å²) in [5.74, 6) is 0.950. The molecule has 1 aromatic carbocycles. The summed E-state index contributed by atoms with van der Waals surface area (Å²) in [6.07, 6.45) is 2.84. The van der Waals surface area contributed by atoms with Gasteiger partial charge in [0.05, 0.1) is 0 Å². The first-order valence-electron chi connectivity index (χ1n) is 5.57. The van der Waals surface area contributed by atoms with E-state index in [1.807, 2.05) is 0 Å². The Kier molecular flexibility index (Phi) is 3.35. The smallest absolute Gasteiger partial charge is 0.0366 e. The lowest BCUT2D eigenvalue weighted by molar-refractivity contribution is 0.787. The van der Waals surface area contributed by atoms with Crippen molar-refractivity contribution >= 4 is 21.6 Å². The third-order valence-corrected chi connectivity index (χ3v) is 3.74. The van der Waals surface area contributed by atoms with E-state index in [1.54, 1.807) is 0 Å². The summed E-state index contributed by atoms with van der Waals surface area (Å²) in [5, 5.41) is 0.950. The second-order valence-corrected chi connectivity index (χ2v) is 5.13. The SMILES string of the molecule is Cc1cc(N(C)CC2CC2)ccc1CBr. The Bertz CT molecular complexity index is 344. The van der Waals surface area contributed by atoms with Crippen molar-refractivity contribution in [1.82, 2.24) is 0 Å². The van der Waals surface area contributed by atoms with Crippen LogP contribution in [0.5, 0.6) is 0 Å². The highest BCUT2D eigenvalue weighted by molar-refractivity contribution is 9.08. The summed E-state index contributed by atoms with van der Waals surface area (Å²) in [6, 6.07) is 6.74. The molecule has 0 spiro atoms. The maximum absolute atomic E-state index is 3.51. The summed E-state index contributed by atoms with van der Waals surface area (Å²) >= 11 is 3.51. The highest BCUT2D eigenvalue weighted by atomic mass is 79.9. The van der Waals surface area contributed by atoms with E-state index in [0.717, 1.165) is 11.2 Å². The fourth-order valence-corrected chi connectivity index (χ4v) is 2.49. The maximum atomic E-state index is 3.51. The van der Waals surface area contributed by atoms with E-state index in [2.05, 4.69) is 53.0 Å². The zero-order chi connectivity index (χ0) is 10.8. The third kappa shape index (κ3) is 2.75. The zero-order valence-corrected chi connectivity index (χ0v) is 11.0. The van der Waals surface area contributed by atoms with Gasteiger partial charge in [-0.15, -0.1) is 0 Å². The first-order valence-corrected chi connectivity index (χ1v) is 6.69. The van der Waals surface area contributed by atoms with Gasteiger partial charge in [0.1, 0.15) is 0 Å². The number of hydrogen-bond acceptors (Lipinski definition) is 1. The van der Waals surface area contributed by atoms with Gasteiger partial charge in [0.15, 0.2) is 0 Å². The number of halogens is 1. The molecule has 1 saturated carbocycles. The van der Waals surface area contributed by atoms with Crippen LogP contribution in [0.2, 0.25) is 0 Å². The largest absolute Gasteiger partial charge is 0.374 e. The molecule has 2 heteroatoms. The molecule has 2 rings (SSSR count). The van der Waals surface area contributed by atoms with E-state index in [4.69, 9.17) is 0 Å². The summed E-state index contributed by atoms with van der Waals surface area (Å²) < 4.78 is 0. The molecule has 0 saturated heterocycles. The standard InChI is InChI=1S/C13H18BrN/c1-10-7-13(6-5-12(10)8-14)15(2)9-11-3-4-11/h5-7,11H,3-4,8-9H2,1-2H3. The number of hydrogen-bond donors (Lipinski definition) is 0. The Morgan fingerprint density at radius 3 is 2.67 bits per heavy atom. The van der Waals surface area contributed by atoms with Crippen molar-refractivity contribution in [2.75, 3.05) is 18.5 Å². The van der Waals surface area contributed by atoms with Gasteiger partial charge in [-0.1, -0.05) is 22.0 Å². The first-order chi connectivity index (χ1) is 7.20. The molecule has 0 aliphatic heterocycles. The fraction of sp³-hybridized carbons (Fsp3) is 0.538. The fourth-order valence-electron chi connectivity index (χ4n) is 1.86. The van der Waals surface area contributed by atoms with Gasteiger partial charge in [0, 0.05) is 24.6 Å². The van der Waals surface area contributed by atoms with Gasteiger partial charge in [-0.25, -0.2) is 0 Å². The van der Waals surface area contributed by atoms with Crippen LogP contribution in [0.1, 0.15) is 24.0 Å². The summed E-state index contributed by atoms with van der Waals surface area (Å²) in [4.78, 5) is 2.38. The predicted molar refractivity (Wildman–Crippen MR) is 69.8 cm³/mol. The van der Waals surface area contributed by atoms with Crippen LogP contribution in [0.15, 0.2) is 18.2 Å². The minimum atomic E-state index is 0.950. The lowest BCUT2D eigenvalue weighted by Crippen LogP contribution is -2.19. The lowest BCUT2D eigenvalue weighted by atomic mass is 10.1. The highest BCUT2D eigenvalue weighted by Crippen LogP contribution is 2.31. The summed E-state index contributed by atoms with van der Waals surface area (Å²) in [5.41, 5.74) is 4.12. The molecule has 1 fully saturated rings. The quantitative estimate of drug-likeness (QED) is 0.752. The van der Waals surface area contributed by atoms with Gasteiger partial charge in [0.25, 0.3) is 0 Å². The minimum Gasteiger partial charge on any atom is -0.374 e. The van der Waals surface area contributed by atoms with E-state index in [0.29, 0.717) is 0 Å². The molecule has 0 amide bonds. The van der Waals surface area contributed by atoms with Crippen molar-refractivity contribution in [2.24, 2.45) is 5.92 Å². The van der Waals surface area contributed by atoms with Crippen molar-refractivity contribution < 1.29 is 0 Å². The molecule has 1 aromatic rings. The topological polar surface area (TPSA) is 3.24 Å². The van der Waals surface area contributed by atoms with Crippen LogP contribution in [0, 0.1) is 12.8 Å². The first kappa shape index (κ1) is 11.0. The average Bonchev–Trinajstić information content (AvgIpc) is 3.01. The highest BCUT2D eigenvalue weighted by Gasteiger charge is 2.22. The Hall–Kier alpha value is -0.500. The average molecular weight is 268 g/mol. The van der Waals surface area contributed by atoms with Crippen LogP contribution in [0.4, 0.5) is 5.69 Å². The molecule has 0 unspecified atom stereocenters. The Morgan fingerprint density at radius 2 is 2.13 bits per heavy atom. The number of benzene rings is 1. The van der Waals surface area contributed by atoms with Crippen LogP contribution < -0.4 is 4.90 Å². The van der Waals surface area contributed by atoms with Crippen molar-refractivity contribution in [3.05, 3.63) is 29.3 Å². The molecule has 0 atom stereocenters. The molecule has 1 nitrogen and oxygen atoms in total. The molecule has 15 heavy (non-hydrogen) atoms. The summed E-state index contributed by atoms with van der Waals surface area (Å²) in [6.45, 7) is 3.40. The van der Waals surface area contributed by atoms with E-state index in [1.165, 1.54) is 36.2 Å². The Morgan fingerprint density at radius 1 is 1.40 bits per heavy atom. The molecular weight excluding hydrogens is 250 g/mol. The van der Waals surface area contributed by atoms with Gasteiger partial charge in [0.2, 0.25) is 0 Å². The van der Waals surface area contributed by atoms with Crippen LogP contribution in [0.3, 0.4) is 0 Å². The van der Waals surface area contributed by atoms with Gasteiger partial charge in [-0.05, 0) is 48.9 Å².